The summed E-state index contributed by atoms with van der Waals surface area (Å²) in [6.45, 7) is -2.98. The lowest BCUT2D eigenvalue weighted by Gasteiger charge is -2.13. The number of aliphatic hydroxyl groups is 1. The Hall–Kier alpha value is -3.52. The van der Waals surface area contributed by atoms with Gasteiger partial charge in [0.05, 0.1) is 24.7 Å². The number of hydrogen-bond acceptors (Lipinski definition) is 5. The van der Waals surface area contributed by atoms with Crippen LogP contribution in [0.5, 0.6) is 11.6 Å². The highest BCUT2D eigenvalue weighted by Crippen LogP contribution is 2.28. The van der Waals surface area contributed by atoms with E-state index in [1.54, 1.807) is 42.1 Å². The van der Waals surface area contributed by atoms with Crippen LogP contribution in [0.1, 0.15) is 11.4 Å². The first-order chi connectivity index (χ1) is 14.6. The molecule has 6 nitrogen and oxygen atoms in total. The summed E-state index contributed by atoms with van der Waals surface area (Å²) in [7, 11) is 1.55. The molecule has 2 aromatic carbocycles. The maximum atomic E-state index is 12.8. The average molecular weight is 411 g/mol. The van der Waals surface area contributed by atoms with E-state index in [4.69, 9.17) is 4.74 Å². The van der Waals surface area contributed by atoms with E-state index in [0.717, 1.165) is 16.6 Å². The van der Waals surface area contributed by atoms with Crippen LogP contribution in [0.2, 0.25) is 0 Å². The fraction of sp³-hybridized carbons (Fsp3) is 0.182. The molecular weight excluding hydrogens is 392 g/mol. The smallest absolute Gasteiger partial charge is 0.387 e. The van der Waals surface area contributed by atoms with Crippen molar-refractivity contribution in [3.63, 3.8) is 0 Å². The molecule has 0 spiro atoms. The Morgan fingerprint density at radius 2 is 1.87 bits per heavy atom. The van der Waals surface area contributed by atoms with Crippen molar-refractivity contribution in [1.29, 1.82) is 0 Å². The lowest BCUT2D eigenvalue weighted by molar-refractivity contribution is -0.0504. The zero-order chi connectivity index (χ0) is 21.1. The average Bonchev–Trinajstić information content (AvgIpc) is 3.11. The van der Waals surface area contributed by atoms with Crippen LogP contribution >= 0.6 is 0 Å². The molecule has 2 aromatic heterocycles. The molecule has 0 aliphatic rings. The fourth-order valence-electron chi connectivity index (χ4n) is 3.34. The number of pyridine rings is 1. The molecular formula is C22H19F2N3O3. The molecule has 154 valence electrons. The predicted octanol–water partition coefficient (Wildman–Crippen LogP) is 4.25. The first-order valence-corrected chi connectivity index (χ1v) is 9.22. The van der Waals surface area contributed by atoms with Gasteiger partial charge in [-0.3, -0.25) is 0 Å². The summed E-state index contributed by atoms with van der Waals surface area (Å²) in [5.74, 6) is 1.04. The molecule has 2 heterocycles. The molecule has 0 saturated carbocycles. The molecule has 0 unspecified atom stereocenters. The van der Waals surface area contributed by atoms with Gasteiger partial charge in [0.2, 0.25) is 5.88 Å². The van der Waals surface area contributed by atoms with Crippen molar-refractivity contribution in [3.05, 3.63) is 72.2 Å². The van der Waals surface area contributed by atoms with E-state index in [9.17, 15) is 13.9 Å². The minimum Gasteiger partial charge on any atom is -0.481 e. The van der Waals surface area contributed by atoms with Crippen LogP contribution in [0, 0.1) is 0 Å². The summed E-state index contributed by atoms with van der Waals surface area (Å²) in [5.41, 5.74) is 3.80. The number of rotatable bonds is 7. The molecule has 0 saturated heterocycles. The number of alkyl halides is 2. The molecule has 0 aliphatic heterocycles. The number of imidazole rings is 1. The number of aliphatic hydroxyl groups excluding tert-OH is 1. The zero-order valence-electron chi connectivity index (χ0n) is 16.1. The number of benzene rings is 2. The SMILES string of the molecule is COc1ccc(-c2ccc3nc(CO)n(Cc4ccccc4OC(F)F)c3c2)cn1. The van der Waals surface area contributed by atoms with Gasteiger partial charge in [-0.2, -0.15) is 8.78 Å². The van der Waals surface area contributed by atoms with E-state index in [1.165, 1.54) is 6.07 Å². The first-order valence-electron chi connectivity index (χ1n) is 9.22. The Morgan fingerprint density at radius 3 is 2.57 bits per heavy atom. The summed E-state index contributed by atoms with van der Waals surface area (Å²) in [5, 5.41) is 9.80. The minimum atomic E-state index is -2.92. The Labute approximate surface area is 171 Å². The second kappa shape index (κ2) is 8.46. The molecule has 0 fully saturated rings. The Bertz CT molecular complexity index is 1160. The molecule has 4 aromatic rings. The monoisotopic (exact) mass is 411 g/mol. The number of nitrogens with zero attached hydrogens (tertiary/aromatic N) is 3. The normalized spacial score (nSPS) is 11.2. The van der Waals surface area contributed by atoms with Crippen LogP contribution in [0.3, 0.4) is 0 Å². The van der Waals surface area contributed by atoms with Gasteiger partial charge in [0.15, 0.2) is 0 Å². The molecule has 4 rings (SSSR count). The van der Waals surface area contributed by atoms with Crippen molar-refractivity contribution in [2.75, 3.05) is 7.11 Å². The molecule has 0 amide bonds. The summed E-state index contributed by atoms with van der Waals surface area (Å²) in [6.07, 6.45) is 1.71. The van der Waals surface area contributed by atoms with Crippen LogP contribution in [0.4, 0.5) is 8.78 Å². The van der Waals surface area contributed by atoms with E-state index in [2.05, 4.69) is 14.7 Å². The second-order valence-electron chi connectivity index (χ2n) is 6.55. The molecule has 0 bridgehead atoms. The van der Waals surface area contributed by atoms with Crippen molar-refractivity contribution in [3.8, 4) is 22.8 Å². The van der Waals surface area contributed by atoms with Gasteiger partial charge in [0.1, 0.15) is 18.2 Å². The third-order valence-corrected chi connectivity index (χ3v) is 4.76. The number of fused-ring (bicyclic) bond motifs is 1. The summed E-state index contributed by atoms with van der Waals surface area (Å²) in [6, 6.07) is 16.0. The van der Waals surface area contributed by atoms with Gasteiger partial charge < -0.3 is 19.1 Å². The van der Waals surface area contributed by atoms with Crippen molar-refractivity contribution in [1.82, 2.24) is 14.5 Å². The summed E-state index contributed by atoms with van der Waals surface area (Å²) < 4.78 is 37.1. The third-order valence-electron chi connectivity index (χ3n) is 4.76. The van der Waals surface area contributed by atoms with Crippen molar-refractivity contribution in [2.45, 2.75) is 19.8 Å². The van der Waals surface area contributed by atoms with Crippen LogP contribution < -0.4 is 9.47 Å². The van der Waals surface area contributed by atoms with Crippen LogP contribution in [0.25, 0.3) is 22.2 Å². The maximum absolute atomic E-state index is 12.8. The molecule has 30 heavy (non-hydrogen) atoms. The van der Waals surface area contributed by atoms with Crippen LogP contribution in [0.15, 0.2) is 60.8 Å². The van der Waals surface area contributed by atoms with Gasteiger partial charge in [-0.1, -0.05) is 24.3 Å². The number of para-hydroxylation sites is 1. The number of ether oxygens (including phenoxy) is 2. The third kappa shape index (κ3) is 3.95. The fourth-order valence-corrected chi connectivity index (χ4v) is 3.34. The van der Waals surface area contributed by atoms with Crippen molar-refractivity contribution < 1.29 is 23.4 Å². The van der Waals surface area contributed by atoms with Gasteiger partial charge in [-0.05, 0) is 29.8 Å². The molecule has 1 N–H and O–H groups in total. The largest absolute Gasteiger partial charge is 0.481 e. The van der Waals surface area contributed by atoms with E-state index in [1.807, 2.05) is 24.3 Å². The zero-order valence-corrected chi connectivity index (χ0v) is 16.1. The topological polar surface area (TPSA) is 69.4 Å². The van der Waals surface area contributed by atoms with Gasteiger partial charge in [0, 0.05) is 23.4 Å². The Kier molecular flexibility index (Phi) is 5.58. The van der Waals surface area contributed by atoms with Gasteiger partial charge in [-0.15, -0.1) is 0 Å². The standard InChI is InChI=1S/C22H19F2N3O3/c1-29-21-9-7-15(11-25-21)14-6-8-17-18(10-14)27(20(13-28)26-17)12-16-4-2-3-5-19(16)30-22(23)24/h2-11,22,28H,12-13H2,1H3. The van der Waals surface area contributed by atoms with Crippen molar-refractivity contribution >= 4 is 11.0 Å². The number of halogens is 2. The first kappa shape index (κ1) is 19.8. The Balaban J connectivity index is 1.77. The molecule has 0 atom stereocenters. The summed E-state index contributed by atoms with van der Waals surface area (Å²) >= 11 is 0. The van der Waals surface area contributed by atoms with E-state index < -0.39 is 6.61 Å². The van der Waals surface area contributed by atoms with E-state index >= 15 is 0 Å². The van der Waals surface area contributed by atoms with E-state index in [0.29, 0.717) is 22.8 Å². The quantitative estimate of drug-likeness (QED) is 0.492. The highest BCUT2D eigenvalue weighted by atomic mass is 19.3. The molecule has 0 aliphatic carbocycles. The van der Waals surface area contributed by atoms with Gasteiger partial charge in [-0.25, -0.2) is 9.97 Å². The number of methoxy groups -OCH3 is 1. The highest BCUT2D eigenvalue weighted by molar-refractivity contribution is 5.82. The van der Waals surface area contributed by atoms with Crippen molar-refractivity contribution in [2.24, 2.45) is 0 Å². The maximum Gasteiger partial charge on any atom is 0.387 e. The highest BCUT2D eigenvalue weighted by Gasteiger charge is 2.15. The van der Waals surface area contributed by atoms with E-state index in [-0.39, 0.29) is 18.9 Å². The Morgan fingerprint density at radius 1 is 1.07 bits per heavy atom. The second-order valence-corrected chi connectivity index (χ2v) is 6.55. The lowest BCUT2D eigenvalue weighted by Crippen LogP contribution is -2.09. The van der Waals surface area contributed by atoms with Crippen LogP contribution in [-0.4, -0.2) is 33.4 Å². The predicted molar refractivity (Wildman–Crippen MR) is 108 cm³/mol. The lowest BCUT2D eigenvalue weighted by atomic mass is 10.1. The molecule has 0 radical (unpaired) electrons. The summed E-state index contributed by atoms with van der Waals surface area (Å²) in [4.78, 5) is 8.70. The number of hydrogen-bond donors (Lipinski definition) is 1. The van der Waals surface area contributed by atoms with Gasteiger partial charge in [0.25, 0.3) is 0 Å². The minimum absolute atomic E-state index is 0.0914. The van der Waals surface area contributed by atoms with Gasteiger partial charge >= 0.3 is 6.61 Å². The molecule has 8 heteroatoms. The van der Waals surface area contributed by atoms with Crippen LogP contribution in [-0.2, 0) is 13.2 Å². The number of aromatic nitrogens is 3.